The molecule has 0 radical (unpaired) electrons. The molecule has 10 heteroatoms. The number of nitrogens with one attached hydrogen (secondary N) is 2. The third kappa shape index (κ3) is 4.36. The number of carbonyl (C=O) groups is 3. The van der Waals surface area contributed by atoms with Crippen LogP contribution in [0.5, 0.6) is 0 Å². The minimum atomic E-state index is -4.23. The minimum Gasteiger partial charge on any atom is -0.322 e. The number of alkyl halides is 3. The number of carbonyl (C=O) groups excluding carboxylic acids is 3. The molecule has 0 unspecified atom stereocenters. The van der Waals surface area contributed by atoms with Crippen molar-refractivity contribution in [2.45, 2.75) is 63.1 Å². The third-order valence-corrected chi connectivity index (χ3v) is 5.73. The van der Waals surface area contributed by atoms with Gasteiger partial charge in [0.15, 0.2) is 0 Å². The molecule has 152 valence electrons. The lowest BCUT2D eigenvalue weighted by Gasteiger charge is -2.33. The molecule has 2 N–H and O–H groups in total. The van der Waals surface area contributed by atoms with E-state index in [9.17, 15) is 27.6 Å². The van der Waals surface area contributed by atoms with Gasteiger partial charge in [-0.1, -0.05) is 19.3 Å². The van der Waals surface area contributed by atoms with Crippen LogP contribution >= 0.6 is 0 Å². The molecule has 27 heavy (non-hydrogen) atoms. The molecule has 0 aromatic rings. The largest absolute Gasteiger partial charge is 0.393 e. The monoisotopic (exact) mass is 390 g/mol. The smallest absolute Gasteiger partial charge is 0.322 e. The van der Waals surface area contributed by atoms with E-state index in [2.05, 4.69) is 10.7 Å². The zero-order valence-electron chi connectivity index (χ0n) is 15.1. The Morgan fingerprint density at radius 2 is 1.89 bits per heavy atom. The highest BCUT2D eigenvalue weighted by Crippen LogP contribution is 2.34. The Bertz CT molecular complexity index is 605. The Kier molecular flexibility index (Phi) is 5.64. The quantitative estimate of drug-likeness (QED) is 0.719. The van der Waals surface area contributed by atoms with E-state index in [1.54, 1.807) is 4.90 Å². The van der Waals surface area contributed by atoms with Crippen LogP contribution in [0.1, 0.15) is 51.4 Å². The lowest BCUT2D eigenvalue weighted by molar-refractivity contribution is -0.186. The number of imide groups is 1. The molecule has 2 heterocycles. The van der Waals surface area contributed by atoms with E-state index in [1.807, 2.05) is 0 Å². The van der Waals surface area contributed by atoms with Crippen LogP contribution in [0.2, 0.25) is 0 Å². The van der Waals surface area contributed by atoms with Crippen LogP contribution in [0.4, 0.5) is 18.0 Å². The molecule has 0 aromatic carbocycles. The molecule has 2 saturated heterocycles. The van der Waals surface area contributed by atoms with E-state index in [0.29, 0.717) is 25.8 Å². The fourth-order valence-corrected chi connectivity index (χ4v) is 4.18. The molecule has 1 atom stereocenters. The van der Waals surface area contributed by atoms with E-state index >= 15 is 0 Å². The molecular weight excluding hydrogens is 365 g/mol. The Morgan fingerprint density at radius 1 is 1.19 bits per heavy atom. The highest BCUT2D eigenvalue weighted by molar-refractivity contribution is 6.07. The molecule has 1 aliphatic carbocycles. The van der Waals surface area contributed by atoms with Gasteiger partial charge in [0.1, 0.15) is 5.54 Å². The zero-order valence-corrected chi connectivity index (χ0v) is 15.1. The molecule has 2 aliphatic heterocycles. The van der Waals surface area contributed by atoms with Gasteiger partial charge in [-0.2, -0.15) is 18.2 Å². The number of hydrogen-bond acceptors (Lipinski definition) is 4. The molecule has 1 saturated carbocycles. The van der Waals surface area contributed by atoms with Gasteiger partial charge in [0.25, 0.3) is 5.91 Å². The molecule has 3 fully saturated rings. The fraction of sp³-hybridized carbons (Fsp3) is 0.824. The summed E-state index contributed by atoms with van der Waals surface area (Å²) >= 11 is 0. The summed E-state index contributed by atoms with van der Waals surface area (Å²) in [6.07, 6.45) is 0.0212. The molecule has 4 amide bonds. The van der Waals surface area contributed by atoms with Crippen molar-refractivity contribution in [3.05, 3.63) is 0 Å². The topological polar surface area (TPSA) is 81.8 Å². The zero-order chi connectivity index (χ0) is 19.7. The summed E-state index contributed by atoms with van der Waals surface area (Å²) in [6.45, 7) is 0.544. The van der Waals surface area contributed by atoms with Crippen molar-refractivity contribution in [2.75, 3.05) is 19.6 Å². The standard InChI is InChI=1S/C17H25F3N4O3/c18-17(19,20)12-5-4-9-23(11-12)10-6-13(25)22-24-14(26)16(21-15(24)27)7-2-1-3-8-16/h12H,1-11H2,(H,21,27)(H,22,25)/t12-/m0/s1. The van der Waals surface area contributed by atoms with Crippen LogP contribution in [0, 0.1) is 5.92 Å². The van der Waals surface area contributed by atoms with Gasteiger partial charge in [0.05, 0.1) is 5.92 Å². The van der Waals surface area contributed by atoms with E-state index in [1.165, 1.54) is 0 Å². The van der Waals surface area contributed by atoms with Crippen LogP contribution in [-0.2, 0) is 9.59 Å². The number of piperidine rings is 1. The molecule has 3 aliphatic rings. The van der Waals surface area contributed by atoms with E-state index < -0.39 is 35.5 Å². The van der Waals surface area contributed by atoms with Gasteiger partial charge in [-0.05, 0) is 32.2 Å². The number of halogens is 3. The van der Waals surface area contributed by atoms with Crippen LogP contribution in [0.3, 0.4) is 0 Å². The number of amides is 4. The van der Waals surface area contributed by atoms with Gasteiger partial charge < -0.3 is 10.2 Å². The second-order valence-corrected chi connectivity index (χ2v) is 7.68. The Labute approximate surface area is 155 Å². The Balaban J connectivity index is 1.49. The second-order valence-electron chi connectivity index (χ2n) is 7.68. The number of rotatable bonds is 4. The average Bonchev–Trinajstić information content (AvgIpc) is 2.84. The van der Waals surface area contributed by atoms with Crippen molar-refractivity contribution in [2.24, 2.45) is 5.92 Å². The molecular formula is C17H25F3N4O3. The molecule has 0 aromatic heterocycles. The summed E-state index contributed by atoms with van der Waals surface area (Å²) in [5, 5.41) is 3.41. The van der Waals surface area contributed by atoms with Gasteiger partial charge in [-0.25, -0.2) is 4.79 Å². The normalized spacial score (nSPS) is 26.3. The van der Waals surface area contributed by atoms with Gasteiger partial charge in [-0.15, -0.1) is 0 Å². The minimum absolute atomic E-state index is 0.0748. The van der Waals surface area contributed by atoms with E-state index in [4.69, 9.17) is 0 Å². The summed E-state index contributed by atoms with van der Waals surface area (Å²) < 4.78 is 38.5. The number of nitrogens with zero attached hydrogens (tertiary/aromatic N) is 2. The van der Waals surface area contributed by atoms with Gasteiger partial charge in [0, 0.05) is 19.5 Å². The molecule has 3 rings (SSSR count). The summed E-state index contributed by atoms with van der Waals surface area (Å²) in [7, 11) is 0. The summed E-state index contributed by atoms with van der Waals surface area (Å²) in [4.78, 5) is 38.4. The number of likely N-dealkylation sites (tertiary alicyclic amines) is 1. The van der Waals surface area contributed by atoms with Crippen molar-refractivity contribution >= 4 is 17.8 Å². The molecule has 0 bridgehead atoms. The van der Waals surface area contributed by atoms with Crippen molar-refractivity contribution in [3.63, 3.8) is 0 Å². The van der Waals surface area contributed by atoms with Crippen LogP contribution in [0.25, 0.3) is 0 Å². The second kappa shape index (κ2) is 7.65. The summed E-state index contributed by atoms with van der Waals surface area (Å²) in [5.74, 6) is -2.37. The Hall–Kier alpha value is -1.84. The van der Waals surface area contributed by atoms with Crippen molar-refractivity contribution < 1.29 is 27.6 Å². The maximum atomic E-state index is 12.8. The first-order chi connectivity index (χ1) is 12.7. The van der Waals surface area contributed by atoms with Gasteiger partial charge in [-0.3, -0.25) is 15.0 Å². The van der Waals surface area contributed by atoms with Crippen LogP contribution in [-0.4, -0.2) is 59.1 Å². The number of urea groups is 1. The highest BCUT2D eigenvalue weighted by Gasteiger charge is 2.52. The summed E-state index contributed by atoms with van der Waals surface area (Å²) in [6, 6.07) is -0.648. The van der Waals surface area contributed by atoms with Crippen LogP contribution in [0.15, 0.2) is 0 Å². The lowest BCUT2D eigenvalue weighted by Crippen LogP contribution is -2.51. The first-order valence-corrected chi connectivity index (χ1v) is 9.46. The fourth-order valence-electron chi connectivity index (χ4n) is 4.18. The number of hydrogen-bond donors (Lipinski definition) is 2. The predicted molar refractivity (Wildman–Crippen MR) is 89.2 cm³/mol. The third-order valence-electron chi connectivity index (χ3n) is 5.73. The molecule has 1 spiro atoms. The van der Waals surface area contributed by atoms with Crippen LogP contribution < -0.4 is 10.7 Å². The van der Waals surface area contributed by atoms with Crippen molar-refractivity contribution in [3.8, 4) is 0 Å². The maximum Gasteiger partial charge on any atom is 0.393 e. The predicted octanol–water partition coefficient (Wildman–Crippen LogP) is 1.94. The summed E-state index contributed by atoms with van der Waals surface area (Å²) in [5.41, 5.74) is 1.39. The first kappa shape index (κ1) is 19.9. The SMILES string of the molecule is O=C(CCN1CCC[C@H](C(F)(F)F)C1)NN1C(=O)NC2(CCCCC2)C1=O. The Morgan fingerprint density at radius 3 is 2.56 bits per heavy atom. The van der Waals surface area contributed by atoms with Gasteiger partial charge in [0.2, 0.25) is 5.91 Å². The molecule has 7 nitrogen and oxygen atoms in total. The first-order valence-electron chi connectivity index (χ1n) is 9.46. The van der Waals surface area contributed by atoms with Crippen molar-refractivity contribution in [1.29, 1.82) is 0 Å². The van der Waals surface area contributed by atoms with E-state index in [0.717, 1.165) is 24.3 Å². The number of hydrazine groups is 1. The van der Waals surface area contributed by atoms with Crippen molar-refractivity contribution in [1.82, 2.24) is 20.7 Å². The maximum absolute atomic E-state index is 12.8. The average molecular weight is 390 g/mol. The highest BCUT2D eigenvalue weighted by atomic mass is 19.4. The lowest BCUT2D eigenvalue weighted by atomic mass is 9.82. The van der Waals surface area contributed by atoms with Gasteiger partial charge >= 0.3 is 12.2 Å². The van der Waals surface area contributed by atoms with E-state index in [-0.39, 0.29) is 25.9 Å².